The quantitative estimate of drug-likeness (QED) is 0.699. The van der Waals surface area contributed by atoms with E-state index in [-0.39, 0.29) is 5.91 Å². The number of fused-ring (bicyclic) bond motifs is 1. The molecule has 0 spiro atoms. The average molecular weight is 363 g/mol. The molecule has 0 saturated carbocycles. The molecule has 0 radical (unpaired) electrons. The highest BCUT2D eigenvalue weighted by molar-refractivity contribution is 7.69. The first-order valence-corrected chi connectivity index (χ1v) is 10.2. The number of nitrogens with one attached hydrogen (secondary N) is 2. The summed E-state index contributed by atoms with van der Waals surface area (Å²) in [6, 6.07) is 8.55. The van der Waals surface area contributed by atoms with E-state index in [2.05, 4.69) is 20.3 Å². The van der Waals surface area contributed by atoms with E-state index in [1.165, 1.54) is 0 Å². The van der Waals surface area contributed by atoms with Crippen molar-refractivity contribution in [2.45, 2.75) is 6.92 Å². The van der Waals surface area contributed by atoms with Crippen molar-refractivity contribution in [1.29, 1.82) is 0 Å². The summed E-state index contributed by atoms with van der Waals surface area (Å²) in [6.45, 7) is 5.01. The number of aromatic amines is 1. The van der Waals surface area contributed by atoms with Crippen LogP contribution in [0.5, 0.6) is 0 Å². The van der Waals surface area contributed by atoms with Crippen molar-refractivity contribution >= 4 is 47.1 Å². The van der Waals surface area contributed by atoms with E-state index in [9.17, 15) is 9.36 Å². The minimum Gasteiger partial charge on any atom is -0.324 e. The van der Waals surface area contributed by atoms with Gasteiger partial charge in [-0.05, 0) is 44.5 Å². The highest BCUT2D eigenvalue weighted by atomic mass is 35.5. The number of amides is 1. The number of para-hydroxylation sites is 1. The van der Waals surface area contributed by atoms with Crippen molar-refractivity contribution in [3.05, 3.63) is 46.6 Å². The first kappa shape index (κ1) is 16.7. The second kappa shape index (κ2) is 6.04. The number of hydrogen-bond donors (Lipinski definition) is 2. The number of H-pyrrole nitrogens is 1. The van der Waals surface area contributed by atoms with Crippen LogP contribution in [0.1, 0.15) is 16.1 Å². The summed E-state index contributed by atoms with van der Waals surface area (Å²) in [5.74, 6) is -0.0549. The van der Waals surface area contributed by atoms with Gasteiger partial charge in [0.25, 0.3) is 5.91 Å². The summed E-state index contributed by atoms with van der Waals surface area (Å²) in [5.41, 5.74) is 2.77. The van der Waals surface area contributed by atoms with Crippen molar-refractivity contribution in [3.63, 3.8) is 0 Å². The number of pyridine rings is 1. The number of aryl methyl sites for hydroxylation is 1. The second-order valence-electron chi connectivity index (χ2n) is 5.88. The number of halogens is 1. The van der Waals surface area contributed by atoms with Crippen molar-refractivity contribution < 1.29 is 9.36 Å². The Balaban J connectivity index is 1.93. The van der Waals surface area contributed by atoms with Gasteiger partial charge < -0.3 is 9.55 Å². The zero-order valence-corrected chi connectivity index (χ0v) is 15.1. The van der Waals surface area contributed by atoms with Crippen LogP contribution in [0.4, 0.5) is 5.95 Å². The van der Waals surface area contributed by atoms with Gasteiger partial charge in [-0.3, -0.25) is 15.1 Å². The molecule has 0 aliphatic rings. The van der Waals surface area contributed by atoms with Crippen LogP contribution in [0, 0.1) is 6.92 Å². The minimum absolute atomic E-state index is 0.301. The fraction of sp³-hybridized carbons (Fsp3) is 0.188. The van der Waals surface area contributed by atoms with E-state index in [1.807, 2.05) is 6.07 Å². The molecule has 0 aliphatic carbocycles. The van der Waals surface area contributed by atoms with Gasteiger partial charge >= 0.3 is 0 Å². The maximum atomic E-state index is 12.5. The Kier molecular flexibility index (Phi) is 4.20. The molecule has 0 aliphatic heterocycles. The molecule has 0 atom stereocenters. The number of benzene rings is 1. The van der Waals surface area contributed by atoms with Crippen LogP contribution in [0.3, 0.4) is 0 Å². The third-order valence-corrected chi connectivity index (χ3v) is 5.09. The normalized spacial score (nSPS) is 11.7. The number of carbonyl (C=O) groups is 1. The smallest absolute Gasteiger partial charge is 0.258 e. The molecule has 0 saturated heterocycles. The predicted octanol–water partition coefficient (Wildman–Crippen LogP) is 3.42. The Bertz CT molecular complexity index is 993. The molecular weight excluding hydrogens is 347 g/mol. The van der Waals surface area contributed by atoms with Gasteiger partial charge in [-0.2, -0.15) is 0 Å². The molecule has 1 aromatic carbocycles. The van der Waals surface area contributed by atoms with Gasteiger partial charge in [0.05, 0.1) is 10.5 Å². The number of anilines is 1. The number of nitrogens with zero attached hydrogens (tertiary/aromatic N) is 2. The SMILES string of the molecule is Cc1cc(C(=O)Nc2nc3c(Cl)cccc3[nH]2)cc(P(C)(C)=O)n1. The second-order valence-corrected chi connectivity index (χ2v) is 9.45. The molecule has 6 nitrogen and oxygen atoms in total. The summed E-state index contributed by atoms with van der Waals surface area (Å²) >= 11 is 6.08. The van der Waals surface area contributed by atoms with Crippen molar-refractivity contribution in [2.24, 2.45) is 0 Å². The molecule has 24 heavy (non-hydrogen) atoms. The lowest BCUT2D eigenvalue weighted by molar-refractivity contribution is 0.102. The Morgan fingerprint density at radius 3 is 2.67 bits per heavy atom. The van der Waals surface area contributed by atoms with Crippen molar-refractivity contribution in [1.82, 2.24) is 15.0 Å². The van der Waals surface area contributed by atoms with Crippen LogP contribution >= 0.6 is 18.7 Å². The highest BCUT2D eigenvalue weighted by Gasteiger charge is 2.18. The summed E-state index contributed by atoms with van der Waals surface area (Å²) in [4.78, 5) is 24.0. The monoisotopic (exact) mass is 362 g/mol. The minimum atomic E-state index is -2.56. The first-order chi connectivity index (χ1) is 11.2. The molecule has 3 aromatic rings. The Hall–Kier alpha value is -2.17. The summed E-state index contributed by atoms with van der Waals surface area (Å²) in [7, 11) is -2.56. The first-order valence-electron chi connectivity index (χ1n) is 7.24. The number of carbonyl (C=O) groups excluding carboxylic acids is 1. The highest BCUT2D eigenvalue weighted by Crippen LogP contribution is 2.33. The lowest BCUT2D eigenvalue weighted by atomic mass is 10.2. The van der Waals surface area contributed by atoms with E-state index < -0.39 is 7.14 Å². The molecule has 1 amide bonds. The fourth-order valence-corrected chi connectivity index (χ4v) is 3.36. The molecule has 3 rings (SSSR count). The number of aromatic nitrogens is 3. The Morgan fingerprint density at radius 2 is 2.00 bits per heavy atom. The molecule has 8 heteroatoms. The number of imidazole rings is 1. The van der Waals surface area contributed by atoms with Gasteiger partial charge in [-0.15, -0.1) is 0 Å². The van der Waals surface area contributed by atoms with Crippen LogP contribution in [-0.2, 0) is 4.57 Å². The maximum absolute atomic E-state index is 12.5. The van der Waals surface area contributed by atoms with E-state index >= 15 is 0 Å². The third kappa shape index (κ3) is 3.35. The van der Waals surface area contributed by atoms with Crippen molar-refractivity contribution in [3.8, 4) is 0 Å². The topological polar surface area (TPSA) is 87.7 Å². The number of rotatable bonds is 3. The fourth-order valence-electron chi connectivity index (χ4n) is 2.29. The van der Waals surface area contributed by atoms with Gasteiger partial charge in [0.15, 0.2) is 0 Å². The summed E-state index contributed by atoms with van der Waals surface area (Å²) in [6.07, 6.45) is 0. The largest absolute Gasteiger partial charge is 0.324 e. The molecule has 2 N–H and O–H groups in total. The van der Waals surface area contributed by atoms with Gasteiger partial charge in [0.2, 0.25) is 5.95 Å². The Morgan fingerprint density at radius 1 is 1.25 bits per heavy atom. The summed E-state index contributed by atoms with van der Waals surface area (Å²) in [5, 5.41) is 3.20. The Labute approximate surface area is 144 Å². The zero-order valence-electron chi connectivity index (χ0n) is 13.4. The van der Waals surface area contributed by atoms with Crippen molar-refractivity contribution in [2.75, 3.05) is 18.6 Å². The lowest BCUT2D eigenvalue weighted by Gasteiger charge is -2.09. The standard InChI is InChI=1S/C16H16ClN4O2P/c1-9-7-10(8-13(18-9)24(2,3)23)15(22)21-16-19-12-6-4-5-11(17)14(12)20-16/h4-8H,1-3H3,(H2,19,20,21,22). The van der Waals surface area contributed by atoms with E-state index in [0.717, 1.165) is 5.52 Å². The maximum Gasteiger partial charge on any atom is 0.258 e. The van der Waals surface area contributed by atoms with Gasteiger partial charge in [-0.25, -0.2) is 4.98 Å². The predicted molar refractivity (Wildman–Crippen MR) is 97.1 cm³/mol. The van der Waals surface area contributed by atoms with Crippen LogP contribution < -0.4 is 10.8 Å². The van der Waals surface area contributed by atoms with Gasteiger partial charge in [0.1, 0.15) is 18.1 Å². The average Bonchev–Trinajstić information content (AvgIpc) is 2.89. The molecule has 0 bridgehead atoms. The molecule has 0 fully saturated rings. The van der Waals surface area contributed by atoms with Gasteiger partial charge in [0, 0.05) is 11.3 Å². The van der Waals surface area contributed by atoms with Crippen LogP contribution in [0.25, 0.3) is 11.0 Å². The molecule has 2 heterocycles. The van der Waals surface area contributed by atoms with E-state index in [4.69, 9.17) is 11.6 Å². The lowest BCUT2D eigenvalue weighted by Crippen LogP contribution is -2.18. The van der Waals surface area contributed by atoms with Gasteiger partial charge in [-0.1, -0.05) is 17.7 Å². The molecule has 124 valence electrons. The van der Waals surface area contributed by atoms with Crippen LogP contribution in [0.2, 0.25) is 5.02 Å². The molecule has 2 aromatic heterocycles. The van der Waals surface area contributed by atoms with Crippen LogP contribution in [0.15, 0.2) is 30.3 Å². The van der Waals surface area contributed by atoms with E-state index in [0.29, 0.717) is 33.2 Å². The molecular formula is C16H16ClN4O2P. The van der Waals surface area contributed by atoms with E-state index in [1.54, 1.807) is 44.5 Å². The zero-order chi connectivity index (χ0) is 17.5. The van der Waals surface area contributed by atoms with Crippen LogP contribution in [-0.4, -0.2) is 34.2 Å². The number of hydrogen-bond acceptors (Lipinski definition) is 4. The third-order valence-electron chi connectivity index (χ3n) is 3.45. The molecule has 0 unspecified atom stereocenters. The summed E-state index contributed by atoms with van der Waals surface area (Å²) < 4.78 is 12.2.